The molecule has 1 saturated heterocycles. The van der Waals surface area contributed by atoms with Gasteiger partial charge in [-0.3, -0.25) is 9.59 Å². The molecule has 5 nitrogen and oxygen atoms in total. The second-order valence-corrected chi connectivity index (χ2v) is 9.47. The molecule has 0 bridgehead atoms. The van der Waals surface area contributed by atoms with Gasteiger partial charge in [-0.15, -0.1) is 0 Å². The molecule has 1 heterocycles. The second kappa shape index (κ2) is 11.0. The Morgan fingerprint density at radius 2 is 1.74 bits per heavy atom. The number of hydrogen-bond acceptors (Lipinski definition) is 3. The lowest BCUT2D eigenvalue weighted by molar-refractivity contribution is -0.152. The summed E-state index contributed by atoms with van der Waals surface area (Å²) in [6.07, 6.45) is 2.68. The summed E-state index contributed by atoms with van der Waals surface area (Å²) in [7, 11) is 0. The zero-order valence-corrected chi connectivity index (χ0v) is 20.4. The van der Waals surface area contributed by atoms with Crippen molar-refractivity contribution < 1.29 is 9.59 Å². The lowest BCUT2D eigenvalue weighted by Gasteiger charge is -2.41. The maximum Gasteiger partial charge on any atom is 0.245 e. The van der Waals surface area contributed by atoms with Crippen molar-refractivity contribution in [2.24, 2.45) is 5.73 Å². The van der Waals surface area contributed by atoms with Gasteiger partial charge in [-0.05, 0) is 53.3 Å². The maximum absolute atomic E-state index is 13.4. The van der Waals surface area contributed by atoms with Gasteiger partial charge in [0.15, 0.2) is 0 Å². The highest BCUT2D eigenvalue weighted by molar-refractivity contribution is 6.30. The van der Waals surface area contributed by atoms with Gasteiger partial charge in [0, 0.05) is 24.7 Å². The second-order valence-electron chi connectivity index (χ2n) is 9.03. The van der Waals surface area contributed by atoms with Gasteiger partial charge in [0.25, 0.3) is 0 Å². The number of carbonyl (C=O) groups is 2. The van der Waals surface area contributed by atoms with Gasteiger partial charge in [-0.1, -0.05) is 79.5 Å². The zero-order chi connectivity index (χ0) is 24.1. The Bertz CT molecular complexity index is 1150. The van der Waals surface area contributed by atoms with E-state index in [1.807, 2.05) is 36.1 Å². The van der Waals surface area contributed by atoms with Gasteiger partial charge < -0.3 is 15.5 Å². The molecule has 0 aromatic heterocycles. The molecule has 0 radical (unpaired) electrons. The number of fused-ring (bicyclic) bond motifs is 1. The molecule has 3 aromatic carbocycles. The van der Waals surface area contributed by atoms with Crippen LogP contribution in [0.15, 0.2) is 66.7 Å². The van der Waals surface area contributed by atoms with Crippen LogP contribution in [0.25, 0.3) is 10.8 Å². The molecule has 1 aliphatic heterocycles. The number of halogens is 1. The quantitative estimate of drug-likeness (QED) is 0.521. The fraction of sp³-hybridized carbons (Fsp3) is 0.357. The van der Waals surface area contributed by atoms with Gasteiger partial charge in [-0.2, -0.15) is 0 Å². The van der Waals surface area contributed by atoms with Crippen LogP contribution >= 0.6 is 11.6 Å². The Hall–Kier alpha value is -2.89. The van der Waals surface area contributed by atoms with Crippen LogP contribution in [0, 0.1) is 0 Å². The minimum Gasteiger partial charge on any atom is -0.339 e. The van der Waals surface area contributed by atoms with E-state index in [9.17, 15) is 9.59 Å². The Balaban J connectivity index is 1.40. The Labute approximate surface area is 206 Å². The number of nitrogens with two attached hydrogens (primary N) is 1. The standard InChI is InChI=1S/C28H32ClN3O2/c1-2-5-26-28(34)31(15-14-21-8-11-22-6-3-4-7-23(22)18-21)16-17-32(26)27(33)25(30)19-20-9-12-24(29)13-10-20/h3-4,6-13,18,25-26H,2,5,14-17,19,30H2,1H3. The number of hydrogen-bond donors (Lipinski definition) is 1. The molecule has 2 N–H and O–H groups in total. The van der Waals surface area contributed by atoms with E-state index in [0.717, 1.165) is 18.4 Å². The summed E-state index contributed by atoms with van der Waals surface area (Å²) in [4.78, 5) is 30.2. The number of rotatable bonds is 8. The highest BCUT2D eigenvalue weighted by Gasteiger charge is 2.38. The highest BCUT2D eigenvalue weighted by Crippen LogP contribution is 2.20. The maximum atomic E-state index is 13.4. The topological polar surface area (TPSA) is 66.6 Å². The van der Waals surface area contributed by atoms with E-state index in [1.54, 1.807) is 17.0 Å². The monoisotopic (exact) mass is 477 g/mol. The molecule has 178 valence electrons. The van der Waals surface area contributed by atoms with Gasteiger partial charge in [-0.25, -0.2) is 0 Å². The van der Waals surface area contributed by atoms with Crippen molar-refractivity contribution in [3.63, 3.8) is 0 Å². The number of piperazine rings is 1. The first kappa shape index (κ1) is 24.2. The normalized spacial score (nSPS) is 17.3. The molecule has 4 rings (SSSR count). The Kier molecular flexibility index (Phi) is 7.86. The SMILES string of the molecule is CCCC1C(=O)N(CCc2ccc3ccccc3c2)CCN1C(=O)C(N)Cc1ccc(Cl)cc1. The van der Waals surface area contributed by atoms with Gasteiger partial charge in [0.2, 0.25) is 11.8 Å². The van der Waals surface area contributed by atoms with Crippen LogP contribution in [0.5, 0.6) is 0 Å². The predicted octanol–water partition coefficient (Wildman–Crippen LogP) is 4.45. The summed E-state index contributed by atoms with van der Waals surface area (Å²) >= 11 is 5.96. The summed E-state index contributed by atoms with van der Waals surface area (Å²) in [6, 6.07) is 21.0. The van der Waals surface area contributed by atoms with Gasteiger partial charge >= 0.3 is 0 Å². The first-order valence-corrected chi connectivity index (χ1v) is 12.4. The molecule has 34 heavy (non-hydrogen) atoms. The third-order valence-corrected chi connectivity index (χ3v) is 6.85. The molecular formula is C28H32ClN3O2. The molecular weight excluding hydrogens is 446 g/mol. The van der Waals surface area contributed by atoms with Crippen molar-refractivity contribution >= 4 is 34.2 Å². The van der Waals surface area contributed by atoms with Crippen LogP contribution in [0.3, 0.4) is 0 Å². The van der Waals surface area contributed by atoms with Crippen molar-refractivity contribution in [1.29, 1.82) is 0 Å². The molecule has 1 fully saturated rings. The van der Waals surface area contributed by atoms with Gasteiger partial charge in [0.1, 0.15) is 6.04 Å². The lowest BCUT2D eigenvalue weighted by atomic mass is 10.0. The fourth-order valence-corrected chi connectivity index (χ4v) is 4.84. The largest absolute Gasteiger partial charge is 0.339 e. The Morgan fingerprint density at radius 3 is 2.47 bits per heavy atom. The van der Waals surface area contributed by atoms with E-state index in [0.29, 0.717) is 37.5 Å². The fourth-order valence-electron chi connectivity index (χ4n) is 4.71. The van der Waals surface area contributed by atoms with E-state index in [2.05, 4.69) is 30.3 Å². The van der Waals surface area contributed by atoms with Crippen LogP contribution in [0.4, 0.5) is 0 Å². The lowest BCUT2D eigenvalue weighted by Crippen LogP contribution is -2.61. The van der Waals surface area contributed by atoms with E-state index in [1.165, 1.54) is 16.3 Å². The van der Waals surface area contributed by atoms with Crippen LogP contribution in [-0.4, -0.2) is 53.3 Å². The molecule has 2 unspecified atom stereocenters. The minimum atomic E-state index is -0.683. The van der Waals surface area contributed by atoms with Crippen LogP contribution in [0.2, 0.25) is 5.02 Å². The van der Waals surface area contributed by atoms with E-state index in [4.69, 9.17) is 17.3 Å². The minimum absolute atomic E-state index is 0.0286. The molecule has 0 aliphatic carbocycles. The first-order chi connectivity index (χ1) is 16.5. The van der Waals surface area contributed by atoms with E-state index >= 15 is 0 Å². The average molecular weight is 478 g/mol. The number of carbonyl (C=O) groups excluding carboxylic acids is 2. The summed E-state index contributed by atoms with van der Waals surface area (Å²) in [5.41, 5.74) is 8.45. The van der Waals surface area contributed by atoms with E-state index in [-0.39, 0.29) is 11.8 Å². The van der Waals surface area contributed by atoms with Crippen molar-refractivity contribution in [2.45, 2.75) is 44.7 Å². The molecule has 0 spiro atoms. The summed E-state index contributed by atoms with van der Waals surface area (Å²) < 4.78 is 0. The molecule has 0 saturated carbocycles. The van der Waals surface area contributed by atoms with Crippen molar-refractivity contribution in [2.75, 3.05) is 19.6 Å². The molecule has 1 aliphatic rings. The molecule has 6 heteroatoms. The third kappa shape index (κ3) is 5.60. The third-order valence-electron chi connectivity index (χ3n) is 6.60. The average Bonchev–Trinajstić information content (AvgIpc) is 2.85. The smallest absolute Gasteiger partial charge is 0.245 e. The number of amides is 2. The van der Waals surface area contributed by atoms with E-state index < -0.39 is 12.1 Å². The van der Waals surface area contributed by atoms with Crippen LogP contribution in [0.1, 0.15) is 30.9 Å². The number of benzene rings is 3. The first-order valence-electron chi connectivity index (χ1n) is 12.0. The molecule has 2 amide bonds. The van der Waals surface area contributed by atoms with Gasteiger partial charge in [0.05, 0.1) is 6.04 Å². The predicted molar refractivity (Wildman–Crippen MR) is 138 cm³/mol. The number of nitrogens with zero attached hydrogens (tertiary/aromatic N) is 2. The summed E-state index contributed by atoms with van der Waals surface area (Å²) in [5, 5.41) is 3.07. The van der Waals surface area contributed by atoms with Crippen molar-refractivity contribution in [1.82, 2.24) is 9.80 Å². The van der Waals surface area contributed by atoms with Crippen LogP contribution < -0.4 is 5.73 Å². The Morgan fingerprint density at radius 1 is 1.03 bits per heavy atom. The van der Waals surface area contributed by atoms with Crippen molar-refractivity contribution in [3.05, 3.63) is 82.9 Å². The molecule has 3 aromatic rings. The molecule has 2 atom stereocenters. The zero-order valence-electron chi connectivity index (χ0n) is 19.6. The van der Waals surface area contributed by atoms with Crippen LogP contribution in [-0.2, 0) is 22.4 Å². The summed E-state index contributed by atoms with van der Waals surface area (Å²) in [6.45, 7) is 3.74. The van der Waals surface area contributed by atoms with Crippen molar-refractivity contribution in [3.8, 4) is 0 Å². The highest BCUT2D eigenvalue weighted by atomic mass is 35.5. The summed E-state index contributed by atoms with van der Waals surface area (Å²) in [5.74, 6) is -0.128.